The molecule has 7 heteroatoms. The summed E-state index contributed by atoms with van der Waals surface area (Å²) in [5.74, 6) is 0.315. The van der Waals surface area contributed by atoms with Gasteiger partial charge in [-0.3, -0.25) is 14.4 Å². The predicted molar refractivity (Wildman–Crippen MR) is 111 cm³/mol. The number of nitrogens with one attached hydrogen (secondary N) is 2. The highest BCUT2D eigenvalue weighted by molar-refractivity contribution is 9.10. The van der Waals surface area contributed by atoms with Gasteiger partial charge in [-0.1, -0.05) is 34.1 Å². The minimum absolute atomic E-state index is 0.0168. The number of ether oxygens (including phenoxy) is 1. The van der Waals surface area contributed by atoms with Crippen molar-refractivity contribution in [1.82, 2.24) is 10.6 Å². The molecule has 0 heterocycles. The van der Waals surface area contributed by atoms with Crippen LogP contribution in [0.1, 0.15) is 40.5 Å². The van der Waals surface area contributed by atoms with Gasteiger partial charge in [-0.2, -0.15) is 0 Å². The largest absolute Gasteiger partial charge is 0.494 e. The van der Waals surface area contributed by atoms with Crippen molar-refractivity contribution >= 4 is 33.5 Å². The number of carbonyl (C=O) groups excluding carboxylic acids is 3. The van der Waals surface area contributed by atoms with Gasteiger partial charge in [0.25, 0.3) is 5.91 Å². The Labute approximate surface area is 172 Å². The first-order valence-corrected chi connectivity index (χ1v) is 9.79. The first kappa shape index (κ1) is 21.6. The monoisotopic (exact) mass is 446 g/mol. The van der Waals surface area contributed by atoms with Gasteiger partial charge in [0.05, 0.1) is 6.61 Å². The number of benzene rings is 2. The molecule has 0 aromatic heterocycles. The normalized spacial score (nSPS) is 10.2. The summed E-state index contributed by atoms with van der Waals surface area (Å²) in [5.41, 5.74) is 1.16. The fraction of sp³-hybridized carbons (Fsp3) is 0.286. The van der Waals surface area contributed by atoms with Crippen LogP contribution in [0.15, 0.2) is 53.0 Å². The van der Waals surface area contributed by atoms with Crippen molar-refractivity contribution in [3.63, 3.8) is 0 Å². The molecule has 0 saturated heterocycles. The lowest BCUT2D eigenvalue weighted by Crippen LogP contribution is -2.34. The molecule has 0 aliphatic rings. The highest BCUT2D eigenvalue weighted by Crippen LogP contribution is 2.14. The fourth-order valence-corrected chi connectivity index (χ4v) is 2.82. The number of ketones is 1. The summed E-state index contributed by atoms with van der Waals surface area (Å²) < 4.78 is 6.41. The fourth-order valence-electron chi connectivity index (χ4n) is 2.43. The van der Waals surface area contributed by atoms with Crippen molar-refractivity contribution in [2.75, 3.05) is 19.7 Å². The Morgan fingerprint density at radius 2 is 1.68 bits per heavy atom. The van der Waals surface area contributed by atoms with E-state index in [1.54, 1.807) is 42.5 Å². The molecule has 0 bridgehead atoms. The molecule has 0 saturated carbocycles. The van der Waals surface area contributed by atoms with E-state index in [0.29, 0.717) is 49.4 Å². The summed E-state index contributed by atoms with van der Waals surface area (Å²) in [7, 11) is 0. The van der Waals surface area contributed by atoms with E-state index >= 15 is 0 Å². The molecule has 2 aromatic rings. The van der Waals surface area contributed by atoms with Crippen LogP contribution in [-0.4, -0.2) is 37.3 Å². The maximum Gasteiger partial charge on any atom is 0.251 e. The van der Waals surface area contributed by atoms with Crippen LogP contribution < -0.4 is 15.4 Å². The van der Waals surface area contributed by atoms with E-state index in [0.717, 1.165) is 4.47 Å². The van der Waals surface area contributed by atoms with Crippen LogP contribution >= 0.6 is 15.9 Å². The second-order valence-electron chi connectivity index (χ2n) is 6.15. The number of hydrogen-bond acceptors (Lipinski definition) is 4. The standard InChI is InChI=1S/C21H23BrN2O4/c1-15(25)16-5-3-8-19(14-16)28-12-4-9-20(26)23-10-11-24-21(27)17-6-2-7-18(22)13-17/h2-3,5-8,13-14H,4,9-12H2,1H3,(H,23,26)(H,24,27). The second kappa shape index (κ2) is 11.2. The highest BCUT2D eigenvalue weighted by atomic mass is 79.9. The van der Waals surface area contributed by atoms with Gasteiger partial charge in [0.1, 0.15) is 5.75 Å². The number of amides is 2. The topological polar surface area (TPSA) is 84.5 Å². The quantitative estimate of drug-likeness (QED) is 0.432. The van der Waals surface area contributed by atoms with Gasteiger partial charge in [-0.25, -0.2) is 0 Å². The van der Waals surface area contributed by atoms with Crippen molar-refractivity contribution in [1.29, 1.82) is 0 Å². The van der Waals surface area contributed by atoms with Gasteiger partial charge < -0.3 is 15.4 Å². The van der Waals surface area contributed by atoms with Crippen molar-refractivity contribution < 1.29 is 19.1 Å². The molecular formula is C21H23BrN2O4. The van der Waals surface area contributed by atoms with Crippen molar-refractivity contribution in [3.05, 3.63) is 64.1 Å². The molecule has 2 amide bonds. The summed E-state index contributed by atoms with van der Waals surface area (Å²) in [4.78, 5) is 35.1. The van der Waals surface area contributed by atoms with Crippen molar-refractivity contribution in [3.8, 4) is 5.75 Å². The molecule has 0 fully saturated rings. The molecular weight excluding hydrogens is 424 g/mol. The number of carbonyl (C=O) groups is 3. The summed E-state index contributed by atoms with van der Waals surface area (Å²) in [5, 5.41) is 5.52. The molecule has 0 aliphatic carbocycles. The molecule has 6 nitrogen and oxygen atoms in total. The number of hydrogen-bond donors (Lipinski definition) is 2. The lowest BCUT2D eigenvalue weighted by molar-refractivity contribution is -0.121. The molecule has 0 radical (unpaired) electrons. The predicted octanol–water partition coefficient (Wildman–Crippen LogP) is 3.36. The molecule has 28 heavy (non-hydrogen) atoms. The zero-order valence-electron chi connectivity index (χ0n) is 15.7. The van der Waals surface area contributed by atoms with Gasteiger partial charge in [-0.05, 0) is 43.7 Å². The minimum Gasteiger partial charge on any atom is -0.494 e. The average molecular weight is 447 g/mol. The number of halogens is 1. The second-order valence-corrected chi connectivity index (χ2v) is 7.07. The Balaban J connectivity index is 1.58. The van der Waals surface area contributed by atoms with E-state index in [2.05, 4.69) is 26.6 Å². The third kappa shape index (κ3) is 7.52. The Bertz CT molecular complexity index is 839. The number of Topliss-reactive ketones (excluding diaryl/α,β-unsaturated/α-hetero) is 1. The van der Waals surface area contributed by atoms with E-state index in [1.165, 1.54) is 6.92 Å². The van der Waals surface area contributed by atoms with Crippen LogP contribution in [0.4, 0.5) is 0 Å². The maximum atomic E-state index is 12.0. The van der Waals surface area contributed by atoms with Gasteiger partial charge >= 0.3 is 0 Å². The molecule has 0 atom stereocenters. The van der Waals surface area contributed by atoms with Crippen LogP contribution in [0.3, 0.4) is 0 Å². The van der Waals surface area contributed by atoms with Gasteiger partial charge in [0.15, 0.2) is 5.78 Å². The average Bonchev–Trinajstić information content (AvgIpc) is 2.68. The van der Waals surface area contributed by atoms with E-state index in [9.17, 15) is 14.4 Å². The SMILES string of the molecule is CC(=O)c1cccc(OCCCC(=O)NCCNC(=O)c2cccc(Br)c2)c1. The Hall–Kier alpha value is -2.67. The Morgan fingerprint density at radius 1 is 0.964 bits per heavy atom. The molecule has 2 aromatic carbocycles. The maximum absolute atomic E-state index is 12.0. The summed E-state index contributed by atoms with van der Waals surface area (Å²) in [6.45, 7) is 2.60. The number of rotatable bonds is 10. The zero-order chi connectivity index (χ0) is 20.4. The zero-order valence-corrected chi connectivity index (χ0v) is 17.3. The van der Waals surface area contributed by atoms with Crippen molar-refractivity contribution in [2.24, 2.45) is 0 Å². The van der Waals surface area contributed by atoms with Crippen LogP contribution in [-0.2, 0) is 4.79 Å². The van der Waals surface area contributed by atoms with Gasteiger partial charge in [0.2, 0.25) is 5.91 Å². The molecule has 0 aliphatic heterocycles. The molecule has 2 N–H and O–H groups in total. The summed E-state index contributed by atoms with van der Waals surface area (Å²) in [6.07, 6.45) is 0.881. The van der Waals surface area contributed by atoms with Gasteiger partial charge in [-0.15, -0.1) is 0 Å². The van der Waals surface area contributed by atoms with Crippen LogP contribution in [0.2, 0.25) is 0 Å². The third-order valence-electron chi connectivity index (χ3n) is 3.88. The summed E-state index contributed by atoms with van der Waals surface area (Å²) in [6, 6.07) is 14.1. The van der Waals surface area contributed by atoms with E-state index in [-0.39, 0.29) is 17.6 Å². The van der Waals surface area contributed by atoms with Gasteiger partial charge in [0, 0.05) is 35.1 Å². The molecule has 0 spiro atoms. The lowest BCUT2D eigenvalue weighted by atomic mass is 10.1. The first-order valence-electron chi connectivity index (χ1n) is 9.00. The minimum atomic E-state index is -0.184. The molecule has 2 rings (SSSR count). The first-order chi connectivity index (χ1) is 13.5. The molecule has 0 unspecified atom stereocenters. The smallest absolute Gasteiger partial charge is 0.251 e. The third-order valence-corrected chi connectivity index (χ3v) is 4.37. The van der Waals surface area contributed by atoms with Crippen molar-refractivity contribution in [2.45, 2.75) is 19.8 Å². The lowest BCUT2D eigenvalue weighted by Gasteiger charge is -2.09. The highest BCUT2D eigenvalue weighted by Gasteiger charge is 2.06. The molecule has 148 valence electrons. The summed E-state index contributed by atoms with van der Waals surface area (Å²) >= 11 is 3.32. The Kier molecular flexibility index (Phi) is 8.68. The van der Waals surface area contributed by atoms with E-state index in [4.69, 9.17) is 4.74 Å². The van der Waals surface area contributed by atoms with E-state index < -0.39 is 0 Å². The van der Waals surface area contributed by atoms with Crippen LogP contribution in [0, 0.1) is 0 Å². The van der Waals surface area contributed by atoms with Crippen LogP contribution in [0.5, 0.6) is 5.75 Å². The van der Waals surface area contributed by atoms with Crippen LogP contribution in [0.25, 0.3) is 0 Å². The van der Waals surface area contributed by atoms with E-state index in [1.807, 2.05) is 6.07 Å². The Morgan fingerprint density at radius 3 is 2.43 bits per heavy atom.